The van der Waals surface area contributed by atoms with Crippen LogP contribution in [0.25, 0.3) is 11.0 Å². The van der Waals surface area contributed by atoms with Crippen LogP contribution in [0.2, 0.25) is 0 Å². The summed E-state index contributed by atoms with van der Waals surface area (Å²) in [7, 11) is 0. The van der Waals surface area contributed by atoms with E-state index in [9.17, 15) is 13.6 Å². The zero-order valence-corrected chi connectivity index (χ0v) is 13.5. The number of alkyl halides is 2. The predicted octanol–water partition coefficient (Wildman–Crippen LogP) is 1.71. The third-order valence-corrected chi connectivity index (χ3v) is 4.09. The van der Waals surface area contributed by atoms with Gasteiger partial charge in [0.25, 0.3) is 12.3 Å². The number of nitrogens with zero attached hydrogens (tertiary/aromatic N) is 5. The summed E-state index contributed by atoms with van der Waals surface area (Å²) in [6, 6.07) is 3.39. The Kier molecular flexibility index (Phi) is 3.86. The molecule has 0 radical (unpaired) electrons. The number of nitrogens with two attached hydrogens (primary N) is 1. The number of ether oxygens (including phenoxy) is 1. The van der Waals surface area contributed by atoms with E-state index in [-0.39, 0.29) is 30.4 Å². The molecule has 1 amide bonds. The third-order valence-electron chi connectivity index (χ3n) is 4.09. The molecular formula is C16H14F2N6O2. The lowest BCUT2D eigenvalue weighted by Crippen LogP contribution is -2.32. The molecule has 0 atom stereocenters. The van der Waals surface area contributed by atoms with Gasteiger partial charge in [-0.2, -0.15) is 0 Å². The Labute approximate surface area is 146 Å². The number of pyridine rings is 1. The van der Waals surface area contributed by atoms with Crippen LogP contribution in [0.3, 0.4) is 0 Å². The van der Waals surface area contributed by atoms with Gasteiger partial charge in [-0.1, -0.05) is 0 Å². The SMILES string of the molecule is Nc1ncnc2c1C(=O)N(c1cnc3c(ccn3CC(F)F)c1)CCO2. The van der Waals surface area contributed by atoms with Gasteiger partial charge in [-0.25, -0.2) is 23.7 Å². The number of amides is 1. The number of hydrogen-bond acceptors (Lipinski definition) is 6. The Morgan fingerprint density at radius 3 is 2.96 bits per heavy atom. The molecule has 3 aromatic rings. The molecule has 0 fully saturated rings. The lowest BCUT2D eigenvalue weighted by atomic mass is 10.2. The van der Waals surface area contributed by atoms with E-state index in [0.29, 0.717) is 16.7 Å². The summed E-state index contributed by atoms with van der Waals surface area (Å²) in [5.41, 5.74) is 6.85. The summed E-state index contributed by atoms with van der Waals surface area (Å²) in [4.78, 5) is 26.4. The fourth-order valence-electron chi connectivity index (χ4n) is 2.92. The third kappa shape index (κ3) is 2.68. The summed E-state index contributed by atoms with van der Waals surface area (Å²) in [6.45, 7) is 0.0484. The number of aromatic nitrogens is 4. The number of halogens is 2. The first-order valence-corrected chi connectivity index (χ1v) is 7.83. The molecular weight excluding hydrogens is 346 g/mol. The predicted molar refractivity (Wildman–Crippen MR) is 89.4 cm³/mol. The van der Waals surface area contributed by atoms with Crippen molar-refractivity contribution in [1.82, 2.24) is 19.5 Å². The van der Waals surface area contributed by atoms with Crippen molar-refractivity contribution in [2.24, 2.45) is 0 Å². The standard InChI is InChI=1S/C16H14F2N6O2/c17-11(18)7-23-2-1-9-5-10(6-20-14(9)23)24-3-4-26-15-12(16(24)25)13(19)21-8-22-15/h1-2,5-6,8,11H,3-4,7H2,(H2,19,21,22). The van der Waals surface area contributed by atoms with E-state index in [1.165, 1.54) is 22.0 Å². The van der Waals surface area contributed by atoms with Crippen molar-refractivity contribution in [3.8, 4) is 5.88 Å². The van der Waals surface area contributed by atoms with Crippen LogP contribution in [0, 0.1) is 0 Å². The van der Waals surface area contributed by atoms with Crippen molar-refractivity contribution in [3.05, 3.63) is 36.4 Å². The molecule has 1 aliphatic rings. The minimum atomic E-state index is -2.48. The maximum absolute atomic E-state index is 12.9. The fraction of sp³-hybridized carbons (Fsp3) is 0.250. The summed E-state index contributed by atoms with van der Waals surface area (Å²) < 4.78 is 32.1. The average Bonchev–Trinajstić information content (AvgIpc) is 2.90. The number of fused-ring (bicyclic) bond motifs is 2. The van der Waals surface area contributed by atoms with E-state index in [2.05, 4.69) is 15.0 Å². The Bertz CT molecular complexity index is 990. The molecule has 0 aromatic carbocycles. The average molecular weight is 360 g/mol. The molecule has 134 valence electrons. The van der Waals surface area contributed by atoms with Crippen molar-refractivity contribution in [2.75, 3.05) is 23.8 Å². The minimum Gasteiger partial charge on any atom is -0.475 e. The van der Waals surface area contributed by atoms with Gasteiger partial charge in [0.1, 0.15) is 30.0 Å². The van der Waals surface area contributed by atoms with E-state index in [0.717, 1.165) is 0 Å². The summed E-state index contributed by atoms with van der Waals surface area (Å²) in [6.07, 6.45) is 1.77. The van der Waals surface area contributed by atoms with E-state index in [1.54, 1.807) is 18.3 Å². The smallest absolute Gasteiger partial charge is 0.267 e. The topological polar surface area (TPSA) is 99.2 Å². The largest absolute Gasteiger partial charge is 0.475 e. The zero-order valence-electron chi connectivity index (χ0n) is 13.5. The molecule has 8 nitrogen and oxygen atoms in total. The van der Waals surface area contributed by atoms with E-state index in [1.807, 2.05) is 0 Å². The molecule has 4 rings (SSSR count). The molecule has 0 unspecified atom stereocenters. The van der Waals surface area contributed by atoms with Crippen LogP contribution in [0.5, 0.6) is 5.88 Å². The van der Waals surface area contributed by atoms with Crippen molar-refractivity contribution in [3.63, 3.8) is 0 Å². The summed E-state index contributed by atoms with van der Waals surface area (Å²) >= 11 is 0. The zero-order chi connectivity index (χ0) is 18.3. The lowest BCUT2D eigenvalue weighted by molar-refractivity contribution is 0.0990. The van der Waals surface area contributed by atoms with E-state index < -0.39 is 18.9 Å². The highest BCUT2D eigenvalue weighted by Gasteiger charge is 2.29. The lowest BCUT2D eigenvalue weighted by Gasteiger charge is -2.20. The second-order valence-electron chi connectivity index (χ2n) is 5.71. The molecule has 0 saturated heterocycles. The van der Waals surface area contributed by atoms with Crippen LogP contribution in [0.15, 0.2) is 30.9 Å². The Hall–Kier alpha value is -3.30. The summed E-state index contributed by atoms with van der Waals surface area (Å²) in [5.74, 6) is -0.227. The first-order chi connectivity index (χ1) is 12.5. The van der Waals surface area contributed by atoms with Gasteiger partial charge in [-0.05, 0) is 12.1 Å². The number of hydrogen-bond donors (Lipinski definition) is 1. The number of carbonyl (C=O) groups is 1. The normalized spacial score (nSPS) is 14.4. The number of rotatable bonds is 3. The van der Waals surface area contributed by atoms with Gasteiger partial charge in [-0.3, -0.25) is 4.79 Å². The molecule has 26 heavy (non-hydrogen) atoms. The van der Waals surface area contributed by atoms with Crippen molar-refractivity contribution in [2.45, 2.75) is 13.0 Å². The summed E-state index contributed by atoms with van der Waals surface area (Å²) in [5, 5.41) is 0.652. The molecule has 1 aliphatic heterocycles. The van der Waals surface area contributed by atoms with Crippen LogP contribution in [0.4, 0.5) is 20.3 Å². The van der Waals surface area contributed by atoms with Gasteiger partial charge < -0.3 is 19.9 Å². The molecule has 0 bridgehead atoms. The maximum atomic E-state index is 12.9. The number of nitrogen functional groups attached to an aromatic ring is 1. The van der Waals surface area contributed by atoms with Gasteiger partial charge in [0, 0.05) is 11.6 Å². The molecule has 0 aliphatic carbocycles. The highest BCUT2D eigenvalue weighted by Crippen LogP contribution is 2.28. The minimum absolute atomic E-state index is 0.0315. The number of carbonyl (C=O) groups excluding carboxylic acids is 1. The van der Waals surface area contributed by atoms with Gasteiger partial charge in [0.05, 0.1) is 25.0 Å². The number of anilines is 2. The molecule has 10 heteroatoms. The second kappa shape index (κ2) is 6.21. The van der Waals surface area contributed by atoms with Crippen LogP contribution < -0.4 is 15.4 Å². The first-order valence-electron chi connectivity index (χ1n) is 7.83. The monoisotopic (exact) mass is 360 g/mol. The van der Waals surface area contributed by atoms with Crippen LogP contribution in [-0.2, 0) is 6.54 Å². The van der Waals surface area contributed by atoms with Crippen LogP contribution >= 0.6 is 0 Å². The Morgan fingerprint density at radius 1 is 1.31 bits per heavy atom. The molecule has 0 saturated carbocycles. The van der Waals surface area contributed by atoms with Crippen LogP contribution in [-0.4, -0.2) is 45.0 Å². The second-order valence-corrected chi connectivity index (χ2v) is 5.71. The van der Waals surface area contributed by atoms with Crippen molar-refractivity contribution >= 4 is 28.4 Å². The van der Waals surface area contributed by atoms with E-state index in [4.69, 9.17) is 10.5 Å². The molecule has 3 aromatic heterocycles. The highest BCUT2D eigenvalue weighted by atomic mass is 19.3. The maximum Gasteiger partial charge on any atom is 0.267 e. The molecule has 0 spiro atoms. The molecule has 2 N–H and O–H groups in total. The first kappa shape index (κ1) is 16.2. The fourth-order valence-corrected chi connectivity index (χ4v) is 2.92. The molecule has 4 heterocycles. The Balaban J connectivity index is 1.73. The van der Waals surface area contributed by atoms with Gasteiger partial charge in [0.15, 0.2) is 0 Å². The van der Waals surface area contributed by atoms with E-state index >= 15 is 0 Å². The van der Waals surface area contributed by atoms with Gasteiger partial charge in [-0.15, -0.1) is 0 Å². The highest BCUT2D eigenvalue weighted by molar-refractivity contribution is 6.11. The van der Waals surface area contributed by atoms with Gasteiger partial charge >= 0.3 is 0 Å². The quantitative estimate of drug-likeness (QED) is 0.763. The Morgan fingerprint density at radius 2 is 2.15 bits per heavy atom. The van der Waals surface area contributed by atoms with Gasteiger partial charge in [0.2, 0.25) is 5.88 Å². The van der Waals surface area contributed by atoms with Crippen molar-refractivity contribution < 1.29 is 18.3 Å². The van der Waals surface area contributed by atoms with Crippen molar-refractivity contribution in [1.29, 1.82) is 0 Å². The van der Waals surface area contributed by atoms with Crippen LogP contribution in [0.1, 0.15) is 10.4 Å².